The van der Waals surface area contributed by atoms with E-state index >= 15 is 0 Å². The van der Waals surface area contributed by atoms with Gasteiger partial charge in [-0.05, 0) is 26.1 Å². The average molecular weight is 196 g/mol. The molecule has 0 saturated carbocycles. The predicted octanol–water partition coefficient (Wildman–Crippen LogP) is 0.0255. The van der Waals surface area contributed by atoms with Crippen molar-refractivity contribution in [2.75, 3.05) is 13.6 Å². The molecule has 0 bridgehead atoms. The van der Waals surface area contributed by atoms with Gasteiger partial charge in [0.1, 0.15) is 0 Å². The van der Waals surface area contributed by atoms with Crippen LogP contribution in [0.1, 0.15) is 18.5 Å². The zero-order valence-electron chi connectivity index (χ0n) is 8.34. The van der Waals surface area contributed by atoms with Crippen LogP contribution in [0.15, 0.2) is 12.3 Å². The fraction of sp³-hybridized carbons (Fsp3) is 0.556. The van der Waals surface area contributed by atoms with E-state index in [1.807, 2.05) is 13.1 Å². The zero-order chi connectivity index (χ0) is 10.2. The Morgan fingerprint density at radius 1 is 1.64 bits per heavy atom. The maximum absolute atomic E-state index is 11.2. The molecule has 0 saturated heterocycles. The van der Waals surface area contributed by atoms with Gasteiger partial charge in [-0.1, -0.05) is 0 Å². The molecule has 78 valence electrons. The Kier molecular flexibility index (Phi) is 4.71. The topological polar surface area (TPSA) is 69.8 Å². The monoisotopic (exact) mass is 196 g/mol. The summed E-state index contributed by atoms with van der Waals surface area (Å²) in [4.78, 5) is 11.2. The minimum Gasteiger partial charge on any atom is -0.350 e. The molecule has 1 amide bonds. The van der Waals surface area contributed by atoms with Gasteiger partial charge in [0.05, 0.1) is 12.2 Å². The summed E-state index contributed by atoms with van der Waals surface area (Å²) in [7, 11) is 1.88. The molecule has 0 aliphatic heterocycles. The molecule has 0 unspecified atom stereocenters. The van der Waals surface area contributed by atoms with Crippen molar-refractivity contribution < 1.29 is 4.79 Å². The van der Waals surface area contributed by atoms with Gasteiger partial charge in [0, 0.05) is 12.6 Å². The summed E-state index contributed by atoms with van der Waals surface area (Å²) in [6.45, 7) is 1.40. The molecule has 1 heterocycles. The third kappa shape index (κ3) is 4.04. The molecule has 5 nitrogen and oxygen atoms in total. The second-order valence-corrected chi connectivity index (χ2v) is 3.07. The van der Waals surface area contributed by atoms with Crippen LogP contribution in [0, 0.1) is 0 Å². The molecule has 0 atom stereocenters. The van der Waals surface area contributed by atoms with Crippen molar-refractivity contribution in [3.8, 4) is 0 Å². The predicted molar refractivity (Wildman–Crippen MR) is 53.6 cm³/mol. The minimum atomic E-state index is 0.0786. The summed E-state index contributed by atoms with van der Waals surface area (Å²) in [5.41, 5.74) is 0.923. The normalized spacial score (nSPS) is 10.1. The van der Waals surface area contributed by atoms with Crippen molar-refractivity contribution in [1.29, 1.82) is 0 Å². The number of hydrogen-bond donors (Lipinski definition) is 3. The number of carbonyl (C=O) groups excluding carboxylic acids is 1. The molecule has 0 fully saturated rings. The first-order valence-electron chi connectivity index (χ1n) is 4.72. The highest BCUT2D eigenvalue weighted by Gasteiger charge is 2.00. The molecule has 0 radical (unpaired) electrons. The number of aromatic amines is 1. The molecule has 3 N–H and O–H groups in total. The van der Waals surface area contributed by atoms with E-state index in [0.29, 0.717) is 13.0 Å². The fourth-order valence-electron chi connectivity index (χ4n) is 1.09. The molecule has 5 heteroatoms. The molecule has 1 aromatic rings. The molecule has 14 heavy (non-hydrogen) atoms. The summed E-state index contributed by atoms with van der Waals surface area (Å²) in [5, 5.41) is 12.4. The van der Waals surface area contributed by atoms with Crippen LogP contribution in [0.25, 0.3) is 0 Å². The Morgan fingerprint density at radius 3 is 3.14 bits per heavy atom. The molecule has 0 aliphatic carbocycles. The van der Waals surface area contributed by atoms with Crippen LogP contribution in [0.3, 0.4) is 0 Å². The summed E-state index contributed by atoms with van der Waals surface area (Å²) < 4.78 is 0. The lowest BCUT2D eigenvalue weighted by molar-refractivity contribution is -0.121. The van der Waals surface area contributed by atoms with E-state index in [4.69, 9.17) is 0 Å². The Hall–Kier alpha value is -1.36. The first kappa shape index (κ1) is 10.7. The smallest absolute Gasteiger partial charge is 0.220 e. The molecule has 1 rings (SSSR count). The second-order valence-electron chi connectivity index (χ2n) is 3.07. The quantitative estimate of drug-likeness (QED) is 0.562. The molecule has 0 spiro atoms. The van der Waals surface area contributed by atoms with Gasteiger partial charge in [-0.15, -0.1) is 0 Å². The van der Waals surface area contributed by atoms with Crippen LogP contribution in [0.5, 0.6) is 0 Å². The third-order valence-corrected chi connectivity index (χ3v) is 1.87. The molecular formula is C9H16N4O. The Balaban J connectivity index is 2.09. The third-order valence-electron chi connectivity index (χ3n) is 1.87. The number of nitrogens with one attached hydrogen (secondary N) is 3. The lowest BCUT2D eigenvalue weighted by Gasteiger charge is -2.02. The lowest BCUT2D eigenvalue weighted by Crippen LogP contribution is -2.23. The molecule has 0 aliphatic rings. The van der Waals surface area contributed by atoms with Gasteiger partial charge in [-0.25, -0.2) is 0 Å². The zero-order valence-corrected chi connectivity index (χ0v) is 8.34. The van der Waals surface area contributed by atoms with Gasteiger partial charge in [-0.2, -0.15) is 5.10 Å². The first-order valence-corrected chi connectivity index (χ1v) is 4.72. The Morgan fingerprint density at radius 2 is 2.50 bits per heavy atom. The molecule has 1 aromatic heterocycles. The van der Waals surface area contributed by atoms with Crippen molar-refractivity contribution in [2.45, 2.75) is 19.4 Å². The summed E-state index contributed by atoms with van der Waals surface area (Å²) in [6, 6.07) is 1.84. The van der Waals surface area contributed by atoms with E-state index in [2.05, 4.69) is 20.8 Å². The van der Waals surface area contributed by atoms with Crippen LogP contribution < -0.4 is 10.6 Å². The van der Waals surface area contributed by atoms with E-state index in [-0.39, 0.29) is 5.91 Å². The number of amides is 1. The minimum absolute atomic E-state index is 0.0786. The van der Waals surface area contributed by atoms with Crippen molar-refractivity contribution >= 4 is 5.91 Å². The summed E-state index contributed by atoms with van der Waals surface area (Å²) in [5.74, 6) is 0.0786. The van der Waals surface area contributed by atoms with Gasteiger partial charge in [-0.3, -0.25) is 9.89 Å². The van der Waals surface area contributed by atoms with E-state index in [0.717, 1.165) is 18.7 Å². The van der Waals surface area contributed by atoms with Gasteiger partial charge >= 0.3 is 0 Å². The van der Waals surface area contributed by atoms with Crippen molar-refractivity contribution in [3.05, 3.63) is 18.0 Å². The average Bonchev–Trinajstić information content (AvgIpc) is 2.68. The van der Waals surface area contributed by atoms with Crippen molar-refractivity contribution in [1.82, 2.24) is 20.8 Å². The number of nitrogens with zero attached hydrogens (tertiary/aromatic N) is 1. The van der Waals surface area contributed by atoms with Crippen LogP contribution in [0.4, 0.5) is 0 Å². The largest absolute Gasteiger partial charge is 0.350 e. The highest BCUT2D eigenvalue weighted by Crippen LogP contribution is 1.92. The Labute approximate surface area is 83.3 Å². The first-order chi connectivity index (χ1) is 6.83. The van der Waals surface area contributed by atoms with Gasteiger partial charge in [0.25, 0.3) is 0 Å². The summed E-state index contributed by atoms with van der Waals surface area (Å²) >= 11 is 0. The highest BCUT2D eigenvalue weighted by atomic mass is 16.1. The lowest BCUT2D eigenvalue weighted by atomic mass is 10.3. The highest BCUT2D eigenvalue weighted by molar-refractivity contribution is 5.75. The standard InChI is InChI=1S/C9H16N4O/c1-10-5-2-3-9(14)11-7-8-4-6-12-13-8/h4,6,10H,2-3,5,7H2,1H3,(H,11,14)(H,12,13). The number of aromatic nitrogens is 2. The SMILES string of the molecule is CNCCCC(=O)NCc1ccn[nH]1. The van der Waals surface area contributed by atoms with E-state index in [1.165, 1.54) is 0 Å². The number of hydrogen-bond acceptors (Lipinski definition) is 3. The second kappa shape index (κ2) is 6.15. The van der Waals surface area contributed by atoms with Crippen molar-refractivity contribution in [3.63, 3.8) is 0 Å². The maximum Gasteiger partial charge on any atom is 0.220 e. The maximum atomic E-state index is 11.2. The fourth-order valence-corrected chi connectivity index (χ4v) is 1.09. The van der Waals surface area contributed by atoms with E-state index in [9.17, 15) is 4.79 Å². The molecular weight excluding hydrogens is 180 g/mol. The van der Waals surface area contributed by atoms with Crippen LogP contribution in [-0.4, -0.2) is 29.7 Å². The van der Waals surface area contributed by atoms with E-state index < -0.39 is 0 Å². The number of carbonyl (C=O) groups is 1. The van der Waals surface area contributed by atoms with Gasteiger partial charge < -0.3 is 10.6 Å². The van der Waals surface area contributed by atoms with Gasteiger partial charge in [0.2, 0.25) is 5.91 Å². The molecule has 0 aromatic carbocycles. The van der Waals surface area contributed by atoms with Crippen LogP contribution in [-0.2, 0) is 11.3 Å². The summed E-state index contributed by atoms with van der Waals surface area (Å²) in [6.07, 6.45) is 3.10. The van der Waals surface area contributed by atoms with Crippen molar-refractivity contribution in [2.24, 2.45) is 0 Å². The number of H-pyrrole nitrogens is 1. The van der Waals surface area contributed by atoms with Crippen LogP contribution >= 0.6 is 0 Å². The van der Waals surface area contributed by atoms with Crippen LogP contribution in [0.2, 0.25) is 0 Å². The van der Waals surface area contributed by atoms with E-state index in [1.54, 1.807) is 6.20 Å². The number of rotatable bonds is 6. The Bertz CT molecular complexity index is 258. The van der Waals surface area contributed by atoms with Gasteiger partial charge in [0.15, 0.2) is 0 Å².